The van der Waals surface area contributed by atoms with Crippen LogP contribution in [0.5, 0.6) is 0 Å². The van der Waals surface area contributed by atoms with Gasteiger partial charge in [0.2, 0.25) is 0 Å². The summed E-state index contributed by atoms with van der Waals surface area (Å²) in [5.41, 5.74) is 6.19. The Hall–Kier alpha value is -0.120. The SMILES string of the molecule is NC1CCOCC1CN(CC1CC1)C1CC1. The van der Waals surface area contributed by atoms with Crippen LogP contribution in [0, 0.1) is 11.8 Å². The van der Waals surface area contributed by atoms with Crippen LogP contribution in [0.1, 0.15) is 32.1 Å². The highest BCUT2D eigenvalue weighted by atomic mass is 16.5. The molecule has 16 heavy (non-hydrogen) atoms. The first-order chi connectivity index (χ1) is 7.83. The third-order valence-corrected chi connectivity index (χ3v) is 4.25. The minimum atomic E-state index is 0.370. The van der Waals surface area contributed by atoms with Gasteiger partial charge >= 0.3 is 0 Å². The zero-order valence-corrected chi connectivity index (χ0v) is 10.1. The molecule has 3 aliphatic rings. The maximum Gasteiger partial charge on any atom is 0.0521 e. The summed E-state index contributed by atoms with van der Waals surface area (Å²) in [6.07, 6.45) is 6.78. The largest absolute Gasteiger partial charge is 0.381 e. The van der Waals surface area contributed by atoms with Gasteiger partial charge in [0.1, 0.15) is 0 Å². The molecule has 3 nitrogen and oxygen atoms in total. The van der Waals surface area contributed by atoms with E-state index in [1.807, 2.05) is 0 Å². The third-order valence-electron chi connectivity index (χ3n) is 4.25. The molecule has 3 rings (SSSR count). The van der Waals surface area contributed by atoms with Crippen molar-refractivity contribution >= 4 is 0 Å². The fraction of sp³-hybridized carbons (Fsp3) is 1.00. The van der Waals surface area contributed by atoms with E-state index in [0.29, 0.717) is 12.0 Å². The van der Waals surface area contributed by atoms with E-state index >= 15 is 0 Å². The van der Waals surface area contributed by atoms with Crippen LogP contribution >= 0.6 is 0 Å². The summed E-state index contributed by atoms with van der Waals surface area (Å²) < 4.78 is 5.57. The Balaban J connectivity index is 1.52. The van der Waals surface area contributed by atoms with Crippen molar-refractivity contribution in [1.29, 1.82) is 0 Å². The van der Waals surface area contributed by atoms with Gasteiger partial charge in [0, 0.05) is 37.7 Å². The summed E-state index contributed by atoms with van der Waals surface area (Å²) >= 11 is 0. The summed E-state index contributed by atoms with van der Waals surface area (Å²) in [7, 11) is 0. The Morgan fingerprint density at radius 2 is 1.88 bits per heavy atom. The zero-order valence-electron chi connectivity index (χ0n) is 10.1. The summed E-state index contributed by atoms with van der Waals surface area (Å²) in [5.74, 6) is 1.58. The van der Waals surface area contributed by atoms with Crippen molar-refractivity contribution in [2.75, 3.05) is 26.3 Å². The van der Waals surface area contributed by atoms with Crippen LogP contribution in [-0.4, -0.2) is 43.3 Å². The maximum atomic E-state index is 6.19. The second kappa shape index (κ2) is 4.63. The van der Waals surface area contributed by atoms with Crippen molar-refractivity contribution in [3.63, 3.8) is 0 Å². The second-order valence-corrected chi connectivity index (χ2v) is 5.92. The lowest BCUT2D eigenvalue weighted by Crippen LogP contribution is -2.46. The Morgan fingerprint density at radius 1 is 1.06 bits per heavy atom. The number of hydrogen-bond acceptors (Lipinski definition) is 3. The molecule has 0 aromatic carbocycles. The quantitative estimate of drug-likeness (QED) is 0.763. The van der Waals surface area contributed by atoms with Gasteiger partial charge in [0.15, 0.2) is 0 Å². The highest BCUT2D eigenvalue weighted by molar-refractivity contribution is 4.91. The average molecular weight is 224 g/mol. The Morgan fingerprint density at radius 3 is 2.50 bits per heavy atom. The van der Waals surface area contributed by atoms with E-state index in [9.17, 15) is 0 Å². The van der Waals surface area contributed by atoms with Gasteiger partial charge < -0.3 is 10.5 Å². The van der Waals surface area contributed by atoms with E-state index < -0.39 is 0 Å². The molecule has 2 unspecified atom stereocenters. The highest BCUT2D eigenvalue weighted by Crippen LogP contribution is 2.35. The first-order valence-corrected chi connectivity index (χ1v) is 6.90. The van der Waals surface area contributed by atoms with Gasteiger partial charge in [-0.3, -0.25) is 4.90 Å². The van der Waals surface area contributed by atoms with Crippen molar-refractivity contribution in [2.45, 2.75) is 44.2 Å². The lowest BCUT2D eigenvalue weighted by Gasteiger charge is -2.33. The van der Waals surface area contributed by atoms with Crippen LogP contribution in [0.25, 0.3) is 0 Å². The standard InChI is InChI=1S/C13H24N2O/c14-13-5-6-16-9-11(13)8-15(12-3-4-12)7-10-1-2-10/h10-13H,1-9,14H2. The fourth-order valence-corrected chi connectivity index (χ4v) is 2.75. The first-order valence-electron chi connectivity index (χ1n) is 6.90. The summed E-state index contributed by atoms with van der Waals surface area (Å²) in [6, 6.07) is 1.25. The van der Waals surface area contributed by atoms with Crippen LogP contribution in [0.4, 0.5) is 0 Å². The van der Waals surface area contributed by atoms with Crippen molar-refractivity contribution in [3.8, 4) is 0 Å². The molecule has 0 amide bonds. The molecule has 0 aromatic rings. The fourth-order valence-electron chi connectivity index (χ4n) is 2.75. The van der Waals surface area contributed by atoms with Crippen LogP contribution in [0.3, 0.4) is 0 Å². The molecule has 2 saturated carbocycles. The van der Waals surface area contributed by atoms with Crippen LogP contribution in [0.2, 0.25) is 0 Å². The average Bonchev–Trinajstić information content (AvgIpc) is 3.15. The molecule has 1 saturated heterocycles. The Kier molecular flexibility index (Phi) is 3.18. The topological polar surface area (TPSA) is 38.5 Å². The normalized spacial score (nSPS) is 35.6. The number of ether oxygens (including phenoxy) is 1. The van der Waals surface area contributed by atoms with Crippen molar-refractivity contribution in [1.82, 2.24) is 4.90 Å². The van der Waals surface area contributed by atoms with Gasteiger partial charge in [0.25, 0.3) is 0 Å². The lowest BCUT2D eigenvalue weighted by molar-refractivity contribution is 0.0241. The third kappa shape index (κ3) is 2.76. The molecule has 0 aromatic heterocycles. The molecule has 0 radical (unpaired) electrons. The molecule has 2 atom stereocenters. The van der Waals surface area contributed by atoms with Crippen LogP contribution in [0.15, 0.2) is 0 Å². The van der Waals surface area contributed by atoms with Crippen molar-refractivity contribution < 1.29 is 4.74 Å². The van der Waals surface area contributed by atoms with Gasteiger partial charge in [-0.15, -0.1) is 0 Å². The summed E-state index contributed by atoms with van der Waals surface area (Å²) in [4.78, 5) is 2.71. The number of nitrogens with two attached hydrogens (primary N) is 1. The Labute approximate surface area is 98.3 Å². The maximum absolute atomic E-state index is 6.19. The van der Waals surface area contributed by atoms with E-state index in [1.165, 1.54) is 38.8 Å². The van der Waals surface area contributed by atoms with Gasteiger partial charge in [-0.2, -0.15) is 0 Å². The van der Waals surface area contributed by atoms with Crippen LogP contribution in [-0.2, 0) is 4.74 Å². The number of rotatable bonds is 5. The lowest BCUT2D eigenvalue weighted by atomic mass is 9.96. The molecule has 1 aliphatic heterocycles. The predicted molar refractivity (Wildman–Crippen MR) is 64.2 cm³/mol. The van der Waals surface area contributed by atoms with E-state index in [0.717, 1.165) is 31.6 Å². The van der Waals surface area contributed by atoms with Crippen molar-refractivity contribution in [2.24, 2.45) is 17.6 Å². The van der Waals surface area contributed by atoms with Crippen LogP contribution < -0.4 is 5.73 Å². The molecule has 2 N–H and O–H groups in total. The van der Waals surface area contributed by atoms with E-state index in [-0.39, 0.29) is 0 Å². The second-order valence-electron chi connectivity index (χ2n) is 5.92. The Bertz CT molecular complexity index is 238. The molecule has 3 fully saturated rings. The molecule has 3 heteroatoms. The monoisotopic (exact) mass is 224 g/mol. The van der Waals surface area contributed by atoms with Gasteiger partial charge in [0.05, 0.1) is 6.61 Å². The first kappa shape index (κ1) is 11.0. The molecule has 0 bridgehead atoms. The van der Waals surface area contributed by atoms with Gasteiger partial charge in [-0.05, 0) is 38.0 Å². The molecule has 0 spiro atoms. The smallest absolute Gasteiger partial charge is 0.0521 e. The van der Waals surface area contributed by atoms with E-state index in [2.05, 4.69) is 4.90 Å². The highest BCUT2D eigenvalue weighted by Gasteiger charge is 2.36. The zero-order chi connectivity index (χ0) is 11.0. The van der Waals surface area contributed by atoms with E-state index in [1.54, 1.807) is 0 Å². The molecular formula is C13H24N2O. The molecular weight excluding hydrogens is 200 g/mol. The predicted octanol–water partition coefficient (Wildman–Crippen LogP) is 1.22. The van der Waals surface area contributed by atoms with E-state index in [4.69, 9.17) is 10.5 Å². The molecule has 92 valence electrons. The van der Waals surface area contributed by atoms with Gasteiger partial charge in [-0.25, -0.2) is 0 Å². The van der Waals surface area contributed by atoms with Crippen molar-refractivity contribution in [3.05, 3.63) is 0 Å². The number of nitrogens with zero attached hydrogens (tertiary/aromatic N) is 1. The minimum Gasteiger partial charge on any atom is -0.381 e. The minimum absolute atomic E-state index is 0.370. The molecule has 1 heterocycles. The molecule has 2 aliphatic carbocycles. The summed E-state index contributed by atoms with van der Waals surface area (Å²) in [5, 5.41) is 0. The van der Waals surface area contributed by atoms with Gasteiger partial charge in [-0.1, -0.05) is 0 Å². The number of hydrogen-bond donors (Lipinski definition) is 1. The summed E-state index contributed by atoms with van der Waals surface area (Å²) in [6.45, 7) is 4.26.